The Morgan fingerprint density at radius 2 is 1.81 bits per heavy atom. The van der Waals surface area contributed by atoms with Gasteiger partial charge in [0.05, 0.1) is 26.7 Å². The van der Waals surface area contributed by atoms with Crippen molar-refractivity contribution < 1.29 is 28.2 Å². The predicted octanol–water partition coefficient (Wildman–Crippen LogP) is 2.46. The van der Waals surface area contributed by atoms with Gasteiger partial charge in [0.15, 0.2) is 0 Å². The fourth-order valence-corrected chi connectivity index (χ4v) is 3.86. The van der Waals surface area contributed by atoms with Gasteiger partial charge in [0.25, 0.3) is 5.91 Å². The van der Waals surface area contributed by atoms with Crippen LogP contribution in [0.15, 0.2) is 42.5 Å². The summed E-state index contributed by atoms with van der Waals surface area (Å²) in [6.45, 7) is 1.35. The Kier molecular flexibility index (Phi) is 7.46. The molecule has 2 atom stereocenters. The van der Waals surface area contributed by atoms with Crippen LogP contribution in [0.2, 0.25) is 0 Å². The molecule has 1 heterocycles. The molecule has 1 N–H and O–H groups in total. The number of carbonyl (C=O) groups excluding carboxylic acids is 2. The molecule has 2 aromatic rings. The van der Waals surface area contributed by atoms with E-state index in [1.165, 1.54) is 24.3 Å². The second kappa shape index (κ2) is 10.3. The molecule has 7 nitrogen and oxygen atoms in total. The third-order valence-electron chi connectivity index (χ3n) is 5.48. The van der Waals surface area contributed by atoms with Gasteiger partial charge in [0.2, 0.25) is 5.91 Å². The molecule has 166 valence electrons. The van der Waals surface area contributed by atoms with Crippen molar-refractivity contribution in [2.75, 3.05) is 47.6 Å². The van der Waals surface area contributed by atoms with Crippen molar-refractivity contribution in [2.45, 2.75) is 5.92 Å². The van der Waals surface area contributed by atoms with Crippen LogP contribution in [0.1, 0.15) is 21.8 Å². The number of nitrogens with one attached hydrogen (secondary N) is 1. The fraction of sp³-hybridized carbons (Fsp3) is 0.391. The Labute approximate surface area is 181 Å². The average molecular weight is 430 g/mol. The summed E-state index contributed by atoms with van der Waals surface area (Å²) >= 11 is 0. The highest BCUT2D eigenvalue weighted by Crippen LogP contribution is 2.39. The number of rotatable bonds is 8. The molecule has 0 radical (unpaired) electrons. The van der Waals surface area contributed by atoms with Crippen LogP contribution in [-0.2, 0) is 9.53 Å². The zero-order valence-electron chi connectivity index (χ0n) is 17.9. The minimum absolute atomic E-state index is 0.158. The third-order valence-corrected chi connectivity index (χ3v) is 5.48. The summed E-state index contributed by atoms with van der Waals surface area (Å²) in [7, 11) is 4.69. The lowest BCUT2D eigenvalue weighted by atomic mass is 9.87. The first-order chi connectivity index (χ1) is 15.0. The molecule has 3 rings (SSSR count). The molecule has 0 unspecified atom stereocenters. The molecule has 0 spiro atoms. The van der Waals surface area contributed by atoms with E-state index >= 15 is 0 Å². The quantitative estimate of drug-likeness (QED) is 0.651. The van der Waals surface area contributed by atoms with E-state index in [9.17, 15) is 14.0 Å². The number of methoxy groups -OCH3 is 3. The van der Waals surface area contributed by atoms with Crippen LogP contribution < -0.4 is 14.8 Å². The zero-order chi connectivity index (χ0) is 22.4. The molecule has 0 aliphatic carbocycles. The summed E-state index contributed by atoms with van der Waals surface area (Å²) in [5.74, 6) is -0.321. The first-order valence-electron chi connectivity index (χ1n) is 10.0. The molecule has 0 saturated carbocycles. The van der Waals surface area contributed by atoms with Gasteiger partial charge >= 0.3 is 0 Å². The van der Waals surface area contributed by atoms with Crippen LogP contribution in [0.4, 0.5) is 4.39 Å². The van der Waals surface area contributed by atoms with E-state index in [2.05, 4.69) is 5.32 Å². The Morgan fingerprint density at radius 3 is 2.45 bits per heavy atom. The smallest absolute Gasteiger partial charge is 0.253 e. The summed E-state index contributed by atoms with van der Waals surface area (Å²) in [5, 5.41) is 2.88. The van der Waals surface area contributed by atoms with E-state index in [0.717, 1.165) is 5.56 Å². The molecule has 1 aliphatic rings. The Hall–Kier alpha value is -3.13. The number of carbonyl (C=O) groups is 2. The maximum Gasteiger partial charge on any atom is 0.253 e. The van der Waals surface area contributed by atoms with Gasteiger partial charge in [-0.3, -0.25) is 9.59 Å². The lowest BCUT2D eigenvalue weighted by Gasteiger charge is -2.21. The monoisotopic (exact) mass is 430 g/mol. The standard InChI is InChI=1S/C23H27FN2O5/c1-29-11-10-25-22(27)20-14-26(23(28)15-4-6-16(24)7-5-15)13-19(20)18-9-8-17(30-2)12-21(18)31-3/h4-9,12,19-20H,10-11,13-14H2,1-3H3,(H,25,27)/t19-,20+/m1/s1. The molecule has 1 fully saturated rings. The lowest BCUT2D eigenvalue weighted by Crippen LogP contribution is -2.37. The normalized spacial score (nSPS) is 18.0. The highest BCUT2D eigenvalue weighted by atomic mass is 19.1. The van der Waals surface area contributed by atoms with Crippen molar-refractivity contribution >= 4 is 11.8 Å². The third kappa shape index (κ3) is 5.14. The minimum Gasteiger partial charge on any atom is -0.497 e. The number of likely N-dealkylation sites (tertiary alicyclic amines) is 1. The fourth-order valence-electron chi connectivity index (χ4n) is 3.86. The summed E-state index contributed by atoms with van der Waals surface area (Å²) in [4.78, 5) is 27.6. The second-order valence-corrected chi connectivity index (χ2v) is 7.32. The first kappa shape index (κ1) is 22.6. The van der Waals surface area contributed by atoms with Crippen LogP contribution >= 0.6 is 0 Å². The average Bonchev–Trinajstić information content (AvgIpc) is 3.24. The van der Waals surface area contributed by atoms with Gasteiger partial charge in [-0.15, -0.1) is 0 Å². The van der Waals surface area contributed by atoms with E-state index in [0.29, 0.717) is 36.8 Å². The molecule has 31 heavy (non-hydrogen) atoms. The van der Waals surface area contributed by atoms with Gasteiger partial charge in [-0.2, -0.15) is 0 Å². The van der Waals surface area contributed by atoms with Crippen LogP contribution in [0.5, 0.6) is 11.5 Å². The van der Waals surface area contributed by atoms with Crippen molar-refractivity contribution in [3.05, 3.63) is 59.4 Å². The molecular weight excluding hydrogens is 403 g/mol. The SMILES string of the molecule is COCCNC(=O)[C@H]1CN(C(=O)c2ccc(F)cc2)C[C@@H]1c1ccc(OC)cc1OC. The van der Waals surface area contributed by atoms with Gasteiger partial charge < -0.3 is 24.4 Å². The molecule has 2 aromatic carbocycles. The van der Waals surface area contributed by atoms with E-state index in [1.807, 2.05) is 12.1 Å². The van der Waals surface area contributed by atoms with Crippen molar-refractivity contribution in [2.24, 2.45) is 5.92 Å². The topological polar surface area (TPSA) is 77.1 Å². The van der Waals surface area contributed by atoms with E-state index in [1.54, 1.807) is 32.3 Å². The maximum absolute atomic E-state index is 13.3. The molecule has 0 bridgehead atoms. The largest absolute Gasteiger partial charge is 0.497 e. The number of amides is 2. The van der Waals surface area contributed by atoms with Crippen molar-refractivity contribution in [3.63, 3.8) is 0 Å². The minimum atomic E-state index is -0.469. The number of hydrogen-bond donors (Lipinski definition) is 1. The van der Waals surface area contributed by atoms with Gasteiger partial charge in [-0.25, -0.2) is 4.39 Å². The van der Waals surface area contributed by atoms with Crippen LogP contribution in [0.3, 0.4) is 0 Å². The molecule has 8 heteroatoms. The Morgan fingerprint density at radius 1 is 1.06 bits per heavy atom. The van der Waals surface area contributed by atoms with Crippen LogP contribution in [0.25, 0.3) is 0 Å². The van der Waals surface area contributed by atoms with E-state index in [4.69, 9.17) is 14.2 Å². The Balaban J connectivity index is 1.89. The van der Waals surface area contributed by atoms with Gasteiger partial charge in [-0.05, 0) is 30.3 Å². The number of nitrogens with zero attached hydrogens (tertiary/aromatic N) is 1. The van der Waals surface area contributed by atoms with Crippen LogP contribution in [-0.4, -0.2) is 64.3 Å². The van der Waals surface area contributed by atoms with Crippen molar-refractivity contribution in [3.8, 4) is 11.5 Å². The first-order valence-corrected chi connectivity index (χ1v) is 10.0. The molecule has 1 saturated heterocycles. The van der Waals surface area contributed by atoms with Gasteiger partial charge in [0, 0.05) is 49.9 Å². The van der Waals surface area contributed by atoms with Gasteiger partial charge in [-0.1, -0.05) is 6.07 Å². The summed E-state index contributed by atoms with van der Waals surface area (Å²) in [6.07, 6.45) is 0. The lowest BCUT2D eigenvalue weighted by molar-refractivity contribution is -0.125. The number of ether oxygens (including phenoxy) is 3. The summed E-state index contributed by atoms with van der Waals surface area (Å²) in [5.41, 5.74) is 1.20. The summed E-state index contributed by atoms with van der Waals surface area (Å²) < 4.78 is 29.1. The zero-order valence-corrected chi connectivity index (χ0v) is 17.9. The van der Waals surface area contributed by atoms with Crippen molar-refractivity contribution in [1.82, 2.24) is 10.2 Å². The second-order valence-electron chi connectivity index (χ2n) is 7.32. The maximum atomic E-state index is 13.3. The summed E-state index contributed by atoms with van der Waals surface area (Å²) in [6, 6.07) is 10.8. The molecule has 2 amide bonds. The molecular formula is C23H27FN2O5. The predicted molar refractivity (Wildman–Crippen MR) is 113 cm³/mol. The van der Waals surface area contributed by atoms with E-state index in [-0.39, 0.29) is 24.3 Å². The number of benzene rings is 2. The van der Waals surface area contributed by atoms with Crippen LogP contribution in [0, 0.1) is 11.7 Å². The molecule has 1 aliphatic heterocycles. The van der Waals surface area contributed by atoms with Gasteiger partial charge in [0.1, 0.15) is 17.3 Å². The Bertz CT molecular complexity index is 919. The number of halogens is 1. The molecule has 0 aromatic heterocycles. The number of hydrogen-bond acceptors (Lipinski definition) is 5. The highest BCUT2D eigenvalue weighted by molar-refractivity contribution is 5.95. The van der Waals surface area contributed by atoms with E-state index < -0.39 is 11.7 Å². The van der Waals surface area contributed by atoms with Crippen molar-refractivity contribution in [1.29, 1.82) is 0 Å². The highest BCUT2D eigenvalue weighted by Gasteiger charge is 2.41.